The van der Waals surface area contributed by atoms with Crippen molar-refractivity contribution < 1.29 is 14.6 Å². The molecule has 1 aromatic carbocycles. The first-order chi connectivity index (χ1) is 7.60. The summed E-state index contributed by atoms with van der Waals surface area (Å²) in [5.74, 6) is 1.44. The predicted octanol–water partition coefficient (Wildman–Crippen LogP) is 1.25. The molecule has 0 bridgehead atoms. The van der Waals surface area contributed by atoms with Gasteiger partial charge in [-0.2, -0.15) is 0 Å². The Morgan fingerprint density at radius 2 is 1.94 bits per heavy atom. The average molecular weight is 221 g/mol. The van der Waals surface area contributed by atoms with Gasteiger partial charge in [0, 0.05) is 5.54 Å². The molecule has 1 unspecified atom stereocenters. The molecule has 3 rings (SSSR count). The molecule has 2 aliphatic rings. The molecule has 4 nitrogen and oxygen atoms in total. The van der Waals surface area contributed by atoms with Crippen LogP contribution in [0.15, 0.2) is 12.1 Å². The van der Waals surface area contributed by atoms with Gasteiger partial charge in [0.1, 0.15) is 0 Å². The van der Waals surface area contributed by atoms with E-state index in [4.69, 9.17) is 15.2 Å². The first kappa shape index (κ1) is 9.93. The second-order valence-electron chi connectivity index (χ2n) is 4.70. The van der Waals surface area contributed by atoms with E-state index in [9.17, 15) is 5.11 Å². The van der Waals surface area contributed by atoms with Gasteiger partial charge in [0.2, 0.25) is 6.79 Å². The van der Waals surface area contributed by atoms with Gasteiger partial charge in [0.25, 0.3) is 0 Å². The van der Waals surface area contributed by atoms with Crippen LogP contribution in [0.2, 0.25) is 0 Å². The Hall–Kier alpha value is -1.26. The summed E-state index contributed by atoms with van der Waals surface area (Å²) in [7, 11) is 0. The van der Waals surface area contributed by atoms with Crippen LogP contribution in [0.3, 0.4) is 0 Å². The lowest BCUT2D eigenvalue weighted by Crippen LogP contribution is -2.30. The zero-order valence-electron chi connectivity index (χ0n) is 9.19. The Labute approximate surface area is 94.0 Å². The molecule has 1 aromatic rings. The molecule has 3 N–H and O–H groups in total. The molecule has 1 heterocycles. The topological polar surface area (TPSA) is 64.7 Å². The highest BCUT2D eigenvalue weighted by Gasteiger charge is 2.46. The minimum absolute atomic E-state index is 0.252. The molecule has 1 fully saturated rings. The number of hydrogen-bond acceptors (Lipinski definition) is 4. The molecule has 1 aliphatic heterocycles. The molecule has 0 amide bonds. The summed E-state index contributed by atoms with van der Waals surface area (Å²) in [5.41, 5.74) is 7.43. The summed E-state index contributed by atoms with van der Waals surface area (Å²) in [4.78, 5) is 0. The summed E-state index contributed by atoms with van der Waals surface area (Å²) >= 11 is 0. The monoisotopic (exact) mass is 221 g/mol. The first-order valence-corrected chi connectivity index (χ1v) is 5.47. The van der Waals surface area contributed by atoms with Gasteiger partial charge >= 0.3 is 0 Å². The van der Waals surface area contributed by atoms with Gasteiger partial charge in [-0.25, -0.2) is 0 Å². The number of nitrogens with two attached hydrogens (primary N) is 1. The maximum absolute atomic E-state index is 10.2. The summed E-state index contributed by atoms with van der Waals surface area (Å²) in [6.45, 7) is 2.20. The third-order valence-electron chi connectivity index (χ3n) is 3.43. The molecule has 0 saturated heterocycles. The molecule has 16 heavy (non-hydrogen) atoms. The molecule has 1 saturated carbocycles. The van der Waals surface area contributed by atoms with Crippen LogP contribution < -0.4 is 15.2 Å². The lowest BCUT2D eigenvalue weighted by molar-refractivity contribution is 0.135. The van der Waals surface area contributed by atoms with Crippen molar-refractivity contribution in [2.24, 2.45) is 5.73 Å². The highest BCUT2D eigenvalue weighted by atomic mass is 16.7. The zero-order valence-corrected chi connectivity index (χ0v) is 9.19. The van der Waals surface area contributed by atoms with Crippen molar-refractivity contribution in [1.29, 1.82) is 0 Å². The molecule has 86 valence electrons. The van der Waals surface area contributed by atoms with Gasteiger partial charge < -0.3 is 20.3 Å². The molecule has 1 atom stereocenters. The lowest BCUT2D eigenvalue weighted by Gasteiger charge is -2.20. The first-order valence-electron chi connectivity index (χ1n) is 5.47. The summed E-state index contributed by atoms with van der Waals surface area (Å²) in [6, 6.07) is 3.74. The zero-order chi connectivity index (χ0) is 11.3. The van der Waals surface area contributed by atoms with E-state index in [0.29, 0.717) is 5.75 Å². The van der Waals surface area contributed by atoms with Crippen molar-refractivity contribution >= 4 is 0 Å². The summed E-state index contributed by atoms with van der Waals surface area (Å²) in [5, 5.41) is 10.2. The van der Waals surface area contributed by atoms with Crippen LogP contribution >= 0.6 is 0 Å². The quantitative estimate of drug-likeness (QED) is 0.788. The van der Waals surface area contributed by atoms with Gasteiger partial charge in [-0.1, -0.05) is 0 Å². The van der Waals surface area contributed by atoms with Crippen LogP contribution in [0.5, 0.6) is 11.5 Å². The van der Waals surface area contributed by atoms with Crippen molar-refractivity contribution in [3.63, 3.8) is 0 Å². The van der Waals surface area contributed by atoms with E-state index < -0.39 is 11.6 Å². The number of benzene rings is 1. The smallest absolute Gasteiger partial charge is 0.231 e. The Morgan fingerprint density at radius 3 is 2.56 bits per heavy atom. The van der Waals surface area contributed by atoms with Crippen molar-refractivity contribution in [2.45, 2.75) is 31.4 Å². The number of aliphatic hydroxyl groups is 1. The molecule has 0 spiro atoms. The second kappa shape index (κ2) is 3.12. The van der Waals surface area contributed by atoms with Crippen molar-refractivity contribution in [1.82, 2.24) is 0 Å². The number of ether oxygens (including phenoxy) is 2. The van der Waals surface area contributed by atoms with Crippen LogP contribution in [0.1, 0.15) is 30.1 Å². The van der Waals surface area contributed by atoms with Gasteiger partial charge in [0.15, 0.2) is 11.5 Å². The maximum Gasteiger partial charge on any atom is 0.231 e. The van der Waals surface area contributed by atoms with Gasteiger partial charge in [-0.05, 0) is 43.0 Å². The number of fused-ring (bicyclic) bond motifs is 1. The van der Waals surface area contributed by atoms with Crippen LogP contribution in [0, 0.1) is 6.92 Å². The van der Waals surface area contributed by atoms with E-state index in [1.54, 1.807) is 0 Å². The van der Waals surface area contributed by atoms with Gasteiger partial charge in [-0.3, -0.25) is 0 Å². The van der Waals surface area contributed by atoms with Crippen LogP contribution in [-0.2, 0) is 0 Å². The summed E-state index contributed by atoms with van der Waals surface area (Å²) < 4.78 is 10.6. The highest BCUT2D eigenvalue weighted by Crippen LogP contribution is 2.46. The largest absolute Gasteiger partial charge is 0.454 e. The molecule has 0 aromatic heterocycles. The van der Waals surface area contributed by atoms with Crippen molar-refractivity contribution in [3.8, 4) is 11.5 Å². The maximum atomic E-state index is 10.2. The van der Waals surface area contributed by atoms with E-state index >= 15 is 0 Å². The third-order valence-corrected chi connectivity index (χ3v) is 3.43. The third kappa shape index (κ3) is 1.37. The Morgan fingerprint density at radius 1 is 1.31 bits per heavy atom. The molecule has 0 radical (unpaired) electrons. The predicted molar refractivity (Wildman–Crippen MR) is 58.4 cm³/mol. The fourth-order valence-corrected chi connectivity index (χ4v) is 2.08. The number of aliphatic hydroxyl groups excluding tert-OH is 1. The fraction of sp³-hybridized carbons (Fsp3) is 0.500. The van der Waals surface area contributed by atoms with E-state index in [-0.39, 0.29) is 6.79 Å². The molecule has 4 heteroatoms. The van der Waals surface area contributed by atoms with Crippen LogP contribution in [0.4, 0.5) is 0 Å². The molecule has 1 aliphatic carbocycles. The fourth-order valence-electron chi connectivity index (χ4n) is 2.08. The normalized spacial score (nSPS) is 21.9. The van der Waals surface area contributed by atoms with Gasteiger partial charge in [-0.15, -0.1) is 0 Å². The van der Waals surface area contributed by atoms with Crippen LogP contribution in [0.25, 0.3) is 0 Å². The second-order valence-corrected chi connectivity index (χ2v) is 4.70. The lowest BCUT2D eigenvalue weighted by atomic mass is 9.96. The SMILES string of the molecule is Cc1cc2c(cc1C(O)C1(N)CC1)OCO2. The average Bonchev–Trinajstić information content (AvgIpc) is 2.85. The minimum Gasteiger partial charge on any atom is -0.454 e. The standard InChI is InChI=1S/C12H15NO3/c1-7-4-9-10(16-6-15-9)5-8(7)11(14)12(13)2-3-12/h4-5,11,14H,2-3,6,13H2,1H3. The van der Waals surface area contributed by atoms with E-state index in [1.165, 1.54) is 0 Å². The number of aryl methyl sites for hydroxylation is 1. The number of hydrogen-bond donors (Lipinski definition) is 2. The van der Waals surface area contributed by atoms with Crippen molar-refractivity contribution in [2.75, 3.05) is 6.79 Å². The van der Waals surface area contributed by atoms with E-state index in [2.05, 4.69) is 0 Å². The van der Waals surface area contributed by atoms with Gasteiger partial charge in [0.05, 0.1) is 6.10 Å². The Bertz CT molecular complexity index is 440. The Kier molecular flexibility index (Phi) is 1.94. The number of rotatable bonds is 2. The van der Waals surface area contributed by atoms with Crippen LogP contribution in [-0.4, -0.2) is 17.4 Å². The Balaban J connectivity index is 2.01. The van der Waals surface area contributed by atoms with E-state index in [0.717, 1.165) is 29.7 Å². The molecular formula is C12H15NO3. The highest BCUT2D eigenvalue weighted by molar-refractivity contribution is 5.49. The van der Waals surface area contributed by atoms with E-state index in [1.807, 2.05) is 19.1 Å². The van der Waals surface area contributed by atoms with Crippen molar-refractivity contribution in [3.05, 3.63) is 23.3 Å². The molecular weight excluding hydrogens is 206 g/mol. The summed E-state index contributed by atoms with van der Waals surface area (Å²) in [6.07, 6.45) is 1.14. The minimum atomic E-state index is -0.609.